The van der Waals surface area contributed by atoms with Crippen LogP contribution >= 0.6 is 11.8 Å². The van der Waals surface area contributed by atoms with E-state index in [0.29, 0.717) is 18.1 Å². The molecule has 2 rings (SSSR count). The number of thioether (sulfide) groups is 1. The Morgan fingerprint density at radius 2 is 2.38 bits per heavy atom. The quantitative estimate of drug-likeness (QED) is 0.765. The van der Waals surface area contributed by atoms with Gasteiger partial charge in [-0.1, -0.05) is 6.92 Å². The van der Waals surface area contributed by atoms with E-state index in [1.165, 1.54) is 12.8 Å². The molecule has 92 valence electrons. The smallest absolute Gasteiger partial charge is 0.224 e. The first-order valence-electron chi connectivity index (χ1n) is 6.30. The normalized spacial score (nSPS) is 34.0. The molecule has 0 aromatic carbocycles. The van der Waals surface area contributed by atoms with Crippen LogP contribution < -0.4 is 10.6 Å². The number of rotatable bonds is 5. The van der Waals surface area contributed by atoms with Crippen LogP contribution in [-0.4, -0.2) is 36.0 Å². The van der Waals surface area contributed by atoms with Crippen LogP contribution in [-0.2, 0) is 4.79 Å². The van der Waals surface area contributed by atoms with Crippen LogP contribution in [0.4, 0.5) is 0 Å². The fraction of sp³-hybridized carbons (Fsp3) is 0.917. The number of hydrogen-bond acceptors (Lipinski definition) is 3. The molecule has 2 saturated heterocycles. The minimum Gasteiger partial charge on any atom is -0.352 e. The van der Waals surface area contributed by atoms with Crippen molar-refractivity contribution in [2.24, 2.45) is 5.92 Å². The van der Waals surface area contributed by atoms with Gasteiger partial charge in [-0.2, -0.15) is 11.8 Å². The first kappa shape index (κ1) is 12.2. The molecule has 2 aliphatic rings. The van der Waals surface area contributed by atoms with Crippen LogP contribution in [0, 0.1) is 5.92 Å². The lowest BCUT2D eigenvalue weighted by molar-refractivity contribution is -0.126. The number of nitrogens with one attached hydrogen (secondary N) is 2. The maximum Gasteiger partial charge on any atom is 0.224 e. The van der Waals surface area contributed by atoms with Gasteiger partial charge in [-0.15, -0.1) is 0 Å². The third-order valence-electron chi connectivity index (χ3n) is 3.84. The molecule has 2 N–H and O–H groups in total. The zero-order valence-corrected chi connectivity index (χ0v) is 11.0. The number of carbonyl (C=O) groups is 1. The number of hydrogen-bond donors (Lipinski definition) is 2. The molecule has 16 heavy (non-hydrogen) atoms. The van der Waals surface area contributed by atoms with Crippen molar-refractivity contribution in [3.05, 3.63) is 0 Å². The maximum absolute atomic E-state index is 12.1. The Morgan fingerprint density at radius 1 is 1.56 bits per heavy atom. The standard InChI is InChI=1S/C12H22N2OS/c1-3-8(7-16-2)14-12(15)10-6-9-4-5-11(10)13-9/h8-11,13H,3-7H2,1-2H3,(H,14,15). The summed E-state index contributed by atoms with van der Waals surface area (Å²) < 4.78 is 0. The molecular formula is C12H22N2OS. The van der Waals surface area contributed by atoms with Gasteiger partial charge in [-0.25, -0.2) is 0 Å². The van der Waals surface area contributed by atoms with E-state index in [2.05, 4.69) is 23.8 Å². The van der Waals surface area contributed by atoms with Gasteiger partial charge in [0.15, 0.2) is 0 Å². The van der Waals surface area contributed by atoms with Gasteiger partial charge >= 0.3 is 0 Å². The van der Waals surface area contributed by atoms with E-state index in [-0.39, 0.29) is 11.8 Å². The molecule has 1 amide bonds. The Balaban J connectivity index is 1.83. The molecule has 2 fully saturated rings. The van der Waals surface area contributed by atoms with Crippen LogP contribution in [0.25, 0.3) is 0 Å². The summed E-state index contributed by atoms with van der Waals surface area (Å²) in [4.78, 5) is 12.1. The summed E-state index contributed by atoms with van der Waals surface area (Å²) in [6.45, 7) is 2.14. The Kier molecular flexibility index (Phi) is 4.14. The third kappa shape index (κ3) is 2.54. The van der Waals surface area contributed by atoms with Crippen LogP contribution in [0.5, 0.6) is 0 Å². The van der Waals surface area contributed by atoms with Crippen LogP contribution in [0.1, 0.15) is 32.6 Å². The van der Waals surface area contributed by atoms with Crippen molar-refractivity contribution >= 4 is 17.7 Å². The molecule has 2 bridgehead atoms. The topological polar surface area (TPSA) is 41.1 Å². The molecule has 0 saturated carbocycles. The molecule has 0 radical (unpaired) electrons. The largest absolute Gasteiger partial charge is 0.352 e. The second-order valence-electron chi connectivity index (χ2n) is 4.96. The summed E-state index contributed by atoms with van der Waals surface area (Å²) >= 11 is 1.80. The van der Waals surface area contributed by atoms with E-state index in [1.54, 1.807) is 11.8 Å². The highest BCUT2D eigenvalue weighted by Crippen LogP contribution is 2.33. The monoisotopic (exact) mass is 242 g/mol. The number of amides is 1. The average Bonchev–Trinajstić information content (AvgIpc) is 2.89. The lowest BCUT2D eigenvalue weighted by Crippen LogP contribution is -2.43. The van der Waals surface area contributed by atoms with Gasteiger partial charge in [-0.05, 0) is 31.9 Å². The minimum absolute atomic E-state index is 0.231. The highest BCUT2D eigenvalue weighted by Gasteiger charge is 2.42. The van der Waals surface area contributed by atoms with Crippen molar-refractivity contribution in [3.8, 4) is 0 Å². The summed E-state index contributed by atoms with van der Waals surface area (Å²) in [6, 6.07) is 1.42. The molecule has 2 aliphatic heterocycles. The second-order valence-corrected chi connectivity index (χ2v) is 5.87. The van der Waals surface area contributed by atoms with E-state index in [9.17, 15) is 4.79 Å². The van der Waals surface area contributed by atoms with E-state index in [4.69, 9.17) is 0 Å². The van der Waals surface area contributed by atoms with Crippen LogP contribution in [0.15, 0.2) is 0 Å². The molecule has 3 nitrogen and oxygen atoms in total. The number of carbonyl (C=O) groups excluding carboxylic acids is 1. The zero-order chi connectivity index (χ0) is 11.5. The molecular weight excluding hydrogens is 220 g/mol. The average molecular weight is 242 g/mol. The Bertz CT molecular complexity index is 259. The van der Waals surface area contributed by atoms with Crippen molar-refractivity contribution in [2.45, 2.75) is 50.7 Å². The SMILES string of the molecule is CCC(CSC)NC(=O)C1CC2CCC1N2. The van der Waals surface area contributed by atoms with E-state index in [1.807, 2.05) is 0 Å². The molecule has 2 heterocycles. The van der Waals surface area contributed by atoms with Crippen molar-refractivity contribution in [1.82, 2.24) is 10.6 Å². The van der Waals surface area contributed by atoms with Crippen LogP contribution in [0.3, 0.4) is 0 Å². The van der Waals surface area contributed by atoms with E-state index >= 15 is 0 Å². The van der Waals surface area contributed by atoms with Gasteiger partial charge < -0.3 is 10.6 Å². The maximum atomic E-state index is 12.1. The number of fused-ring (bicyclic) bond motifs is 2. The van der Waals surface area contributed by atoms with E-state index in [0.717, 1.165) is 18.6 Å². The first-order chi connectivity index (χ1) is 7.74. The van der Waals surface area contributed by atoms with Gasteiger partial charge in [0.1, 0.15) is 0 Å². The lowest BCUT2D eigenvalue weighted by atomic mass is 9.88. The summed E-state index contributed by atoms with van der Waals surface area (Å²) in [5.74, 6) is 1.53. The Labute approximate surface area is 102 Å². The Morgan fingerprint density at radius 3 is 2.88 bits per heavy atom. The molecule has 0 aliphatic carbocycles. The second kappa shape index (κ2) is 5.41. The fourth-order valence-corrected chi connectivity index (χ4v) is 3.61. The van der Waals surface area contributed by atoms with Gasteiger partial charge in [0, 0.05) is 23.9 Å². The Hall–Kier alpha value is -0.220. The van der Waals surface area contributed by atoms with Crippen molar-refractivity contribution in [2.75, 3.05) is 12.0 Å². The summed E-state index contributed by atoms with van der Waals surface area (Å²) in [5.41, 5.74) is 0. The lowest BCUT2D eigenvalue weighted by Gasteiger charge is -2.23. The van der Waals surface area contributed by atoms with Gasteiger partial charge in [-0.3, -0.25) is 4.79 Å². The fourth-order valence-electron chi connectivity index (χ4n) is 2.88. The molecule has 4 unspecified atom stereocenters. The third-order valence-corrected chi connectivity index (χ3v) is 4.58. The predicted molar refractivity (Wildman–Crippen MR) is 68.7 cm³/mol. The first-order valence-corrected chi connectivity index (χ1v) is 7.69. The highest BCUT2D eigenvalue weighted by atomic mass is 32.2. The van der Waals surface area contributed by atoms with Crippen LogP contribution in [0.2, 0.25) is 0 Å². The van der Waals surface area contributed by atoms with Gasteiger partial charge in [0.25, 0.3) is 0 Å². The van der Waals surface area contributed by atoms with Crippen molar-refractivity contribution in [3.63, 3.8) is 0 Å². The predicted octanol–water partition coefficient (Wildman–Crippen LogP) is 1.38. The molecule has 4 heteroatoms. The molecule has 4 atom stereocenters. The minimum atomic E-state index is 0.231. The molecule has 0 spiro atoms. The zero-order valence-electron chi connectivity index (χ0n) is 10.2. The molecule has 0 aromatic rings. The highest BCUT2D eigenvalue weighted by molar-refractivity contribution is 7.98. The van der Waals surface area contributed by atoms with Crippen molar-refractivity contribution in [1.29, 1.82) is 0 Å². The van der Waals surface area contributed by atoms with Gasteiger partial charge in [0.2, 0.25) is 5.91 Å². The molecule has 0 aromatic heterocycles. The summed E-state index contributed by atoms with van der Waals surface area (Å²) in [7, 11) is 0. The summed E-state index contributed by atoms with van der Waals surface area (Å²) in [5, 5.41) is 6.71. The van der Waals surface area contributed by atoms with Crippen molar-refractivity contribution < 1.29 is 4.79 Å². The summed E-state index contributed by atoms with van der Waals surface area (Å²) in [6.07, 6.45) is 6.61. The van der Waals surface area contributed by atoms with Gasteiger partial charge in [0.05, 0.1) is 5.92 Å². The van der Waals surface area contributed by atoms with E-state index < -0.39 is 0 Å².